The molecule has 0 radical (unpaired) electrons. The molecule has 2 aromatic heterocycles. The van der Waals surface area contributed by atoms with Crippen LogP contribution >= 0.6 is 0 Å². The Morgan fingerprint density at radius 3 is 1.50 bits per heavy atom. The third-order valence-corrected chi connectivity index (χ3v) is 3.24. The fourth-order valence-electron chi connectivity index (χ4n) is 1.98. The van der Waals surface area contributed by atoms with Crippen molar-refractivity contribution in [3.05, 3.63) is 60.9 Å². The predicted molar refractivity (Wildman–Crippen MR) is 101 cm³/mol. The van der Waals surface area contributed by atoms with Gasteiger partial charge in [-0.3, -0.25) is 0 Å². The van der Waals surface area contributed by atoms with Crippen molar-refractivity contribution in [1.29, 1.82) is 0 Å². The summed E-state index contributed by atoms with van der Waals surface area (Å²) in [6, 6.07) is 11.1. The van der Waals surface area contributed by atoms with Gasteiger partial charge >= 0.3 is 0 Å². The molecule has 0 unspecified atom stereocenters. The fraction of sp³-hybridized carbons (Fsp3) is 0.300. The molecule has 26 heavy (non-hydrogen) atoms. The van der Waals surface area contributed by atoms with Crippen LogP contribution < -0.4 is 9.47 Å². The van der Waals surface area contributed by atoms with Crippen molar-refractivity contribution in [2.24, 2.45) is 0 Å². The average Bonchev–Trinajstić information content (AvgIpc) is 2.69. The van der Waals surface area contributed by atoms with Crippen molar-refractivity contribution in [2.45, 2.75) is 0 Å². The summed E-state index contributed by atoms with van der Waals surface area (Å²) >= 11 is 0. The molecule has 2 heterocycles. The molecule has 0 aromatic carbocycles. The van der Waals surface area contributed by atoms with Crippen LogP contribution in [-0.4, -0.2) is 49.6 Å². The Hall–Kier alpha value is -2.70. The molecule has 0 aliphatic heterocycles. The van der Waals surface area contributed by atoms with Gasteiger partial charge in [0.1, 0.15) is 13.2 Å². The summed E-state index contributed by atoms with van der Waals surface area (Å²) in [4.78, 5) is 8.50. The van der Waals surface area contributed by atoms with E-state index in [1.807, 2.05) is 24.3 Å². The molecular formula is C20H24N2O4. The predicted octanol–water partition coefficient (Wildman–Crippen LogP) is 3.25. The lowest BCUT2D eigenvalue weighted by Gasteiger charge is -2.08. The van der Waals surface area contributed by atoms with Gasteiger partial charge in [-0.25, -0.2) is 9.97 Å². The van der Waals surface area contributed by atoms with Crippen LogP contribution in [0.2, 0.25) is 0 Å². The second-order valence-electron chi connectivity index (χ2n) is 5.13. The third kappa shape index (κ3) is 7.46. The van der Waals surface area contributed by atoms with E-state index in [2.05, 4.69) is 23.1 Å². The topological polar surface area (TPSA) is 62.7 Å². The molecule has 6 nitrogen and oxygen atoms in total. The summed E-state index contributed by atoms with van der Waals surface area (Å²) in [7, 11) is 0. The molecule has 0 aliphatic carbocycles. The number of nitrogens with zero attached hydrogens (tertiary/aromatic N) is 2. The van der Waals surface area contributed by atoms with Crippen LogP contribution in [0, 0.1) is 0 Å². The van der Waals surface area contributed by atoms with Crippen LogP contribution in [0.25, 0.3) is 12.2 Å². The number of ether oxygens (including phenoxy) is 4. The minimum atomic E-state index is 0.433. The second-order valence-corrected chi connectivity index (χ2v) is 5.13. The quantitative estimate of drug-likeness (QED) is 0.514. The summed E-state index contributed by atoms with van der Waals surface area (Å²) in [5.41, 5.74) is 1.57. The molecule has 2 rings (SSSR count). The van der Waals surface area contributed by atoms with E-state index in [0.29, 0.717) is 51.4 Å². The Morgan fingerprint density at radius 1 is 0.654 bits per heavy atom. The van der Waals surface area contributed by atoms with Gasteiger partial charge in [-0.05, 0) is 24.3 Å². The number of hydrogen-bond donors (Lipinski definition) is 0. The number of pyridine rings is 2. The maximum absolute atomic E-state index is 5.50. The molecule has 0 N–H and O–H groups in total. The molecule has 0 spiro atoms. The van der Waals surface area contributed by atoms with Crippen LogP contribution in [0.5, 0.6) is 11.8 Å². The lowest BCUT2D eigenvalue weighted by molar-refractivity contribution is 0.0265. The molecule has 0 saturated heterocycles. The number of aromatic nitrogens is 2. The van der Waals surface area contributed by atoms with Gasteiger partial charge in [-0.1, -0.05) is 25.3 Å². The van der Waals surface area contributed by atoms with E-state index >= 15 is 0 Å². The van der Waals surface area contributed by atoms with Gasteiger partial charge in [0.2, 0.25) is 11.8 Å². The van der Waals surface area contributed by atoms with Gasteiger partial charge in [0, 0.05) is 12.1 Å². The van der Waals surface area contributed by atoms with Gasteiger partial charge in [-0.15, -0.1) is 0 Å². The zero-order valence-corrected chi connectivity index (χ0v) is 14.8. The van der Waals surface area contributed by atoms with E-state index in [1.54, 1.807) is 24.3 Å². The number of hydrogen-bond acceptors (Lipinski definition) is 6. The first-order chi connectivity index (χ1) is 12.8. The Balaban J connectivity index is 1.45. The summed E-state index contributed by atoms with van der Waals surface area (Å²) in [5.74, 6) is 1.13. The molecule has 0 fully saturated rings. The zero-order valence-electron chi connectivity index (χ0n) is 14.8. The molecule has 0 bridgehead atoms. The van der Waals surface area contributed by atoms with E-state index in [0.717, 1.165) is 11.4 Å². The molecule has 0 atom stereocenters. The number of rotatable bonds is 13. The second kappa shape index (κ2) is 11.8. The van der Waals surface area contributed by atoms with Crippen LogP contribution in [0.4, 0.5) is 0 Å². The Labute approximate surface area is 154 Å². The molecule has 0 saturated carbocycles. The van der Waals surface area contributed by atoms with E-state index in [-0.39, 0.29) is 0 Å². The van der Waals surface area contributed by atoms with Crippen LogP contribution in [0.3, 0.4) is 0 Å². The molecular weight excluding hydrogens is 332 g/mol. The lowest BCUT2D eigenvalue weighted by atomic mass is 10.3. The van der Waals surface area contributed by atoms with Crippen LogP contribution in [0.1, 0.15) is 11.4 Å². The summed E-state index contributed by atoms with van der Waals surface area (Å²) < 4.78 is 21.9. The van der Waals surface area contributed by atoms with Gasteiger partial charge in [0.25, 0.3) is 0 Å². The molecule has 0 aliphatic rings. The van der Waals surface area contributed by atoms with Crippen LogP contribution in [-0.2, 0) is 9.47 Å². The van der Waals surface area contributed by atoms with Crippen molar-refractivity contribution in [3.63, 3.8) is 0 Å². The van der Waals surface area contributed by atoms with Gasteiger partial charge in [0.15, 0.2) is 0 Å². The maximum Gasteiger partial charge on any atom is 0.213 e. The fourth-order valence-corrected chi connectivity index (χ4v) is 1.98. The first-order valence-electron chi connectivity index (χ1n) is 8.42. The first kappa shape index (κ1) is 19.6. The van der Waals surface area contributed by atoms with Gasteiger partial charge in [0.05, 0.1) is 37.8 Å². The highest BCUT2D eigenvalue weighted by Crippen LogP contribution is 2.08. The third-order valence-electron chi connectivity index (χ3n) is 3.24. The Kier molecular flexibility index (Phi) is 8.89. The van der Waals surface area contributed by atoms with Crippen molar-refractivity contribution < 1.29 is 18.9 Å². The molecule has 0 amide bonds. The smallest absolute Gasteiger partial charge is 0.213 e. The van der Waals surface area contributed by atoms with E-state index in [4.69, 9.17) is 18.9 Å². The van der Waals surface area contributed by atoms with E-state index in [9.17, 15) is 0 Å². The summed E-state index contributed by atoms with van der Waals surface area (Å²) in [6.45, 7) is 10.1. The van der Waals surface area contributed by atoms with E-state index < -0.39 is 0 Å². The largest absolute Gasteiger partial charge is 0.475 e. The van der Waals surface area contributed by atoms with Gasteiger partial charge in [-0.2, -0.15) is 0 Å². The van der Waals surface area contributed by atoms with E-state index in [1.165, 1.54) is 0 Å². The Morgan fingerprint density at radius 2 is 1.08 bits per heavy atom. The highest BCUT2D eigenvalue weighted by Gasteiger charge is 1.98. The standard InChI is InChI=1S/C20H24N2O4/c1-3-17-7-5-9-19(21-17)25-15-13-23-11-12-24-14-16-26-20-10-6-8-18(4-2)22-20/h3-10H,1-2,11-16H2. The van der Waals surface area contributed by atoms with Crippen molar-refractivity contribution in [2.75, 3.05) is 39.6 Å². The minimum absolute atomic E-state index is 0.433. The highest BCUT2D eigenvalue weighted by atomic mass is 16.6. The van der Waals surface area contributed by atoms with Crippen molar-refractivity contribution in [1.82, 2.24) is 9.97 Å². The summed E-state index contributed by atoms with van der Waals surface area (Å²) in [5, 5.41) is 0. The molecule has 2 aromatic rings. The van der Waals surface area contributed by atoms with Crippen molar-refractivity contribution >= 4 is 12.2 Å². The minimum Gasteiger partial charge on any atom is -0.475 e. The zero-order chi connectivity index (χ0) is 18.5. The van der Waals surface area contributed by atoms with Crippen molar-refractivity contribution in [3.8, 4) is 11.8 Å². The normalized spacial score (nSPS) is 10.3. The SMILES string of the molecule is C=Cc1cccc(OCCOCCOCCOc2cccc(C=C)n2)n1. The monoisotopic (exact) mass is 356 g/mol. The van der Waals surface area contributed by atoms with Gasteiger partial charge < -0.3 is 18.9 Å². The first-order valence-corrected chi connectivity index (χ1v) is 8.42. The maximum atomic E-state index is 5.50. The summed E-state index contributed by atoms with van der Waals surface area (Å²) in [6.07, 6.45) is 3.35. The van der Waals surface area contributed by atoms with Crippen LogP contribution in [0.15, 0.2) is 49.6 Å². The Bertz CT molecular complexity index is 632. The lowest BCUT2D eigenvalue weighted by Crippen LogP contribution is -2.14. The highest BCUT2D eigenvalue weighted by molar-refractivity contribution is 5.42. The average molecular weight is 356 g/mol. The molecule has 6 heteroatoms. The molecule has 138 valence electrons.